The summed E-state index contributed by atoms with van der Waals surface area (Å²) < 4.78 is 40.3. The van der Waals surface area contributed by atoms with Gasteiger partial charge in [-0.15, -0.1) is 0 Å². The Morgan fingerprint density at radius 2 is 1.64 bits per heavy atom. The molecular formula is C33H40FN3O4S. The normalized spacial score (nSPS) is 14.4. The minimum Gasteiger partial charge on any atom is -0.352 e. The fraction of sp³-hybridized carbons (Fsp3) is 0.394. The Morgan fingerprint density at radius 3 is 2.29 bits per heavy atom. The zero-order valence-corrected chi connectivity index (χ0v) is 25.2. The maximum Gasteiger partial charge on any atom is 0.243 e. The molecule has 1 fully saturated rings. The summed E-state index contributed by atoms with van der Waals surface area (Å²) in [6.45, 7) is 2.14. The summed E-state index contributed by atoms with van der Waals surface area (Å²) in [7, 11) is -3.58. The second-order valence-electron chi connectivity index (χ2n) is 11.1. The van der Waals surface area contributed by atoms with Crippen LogP contribution in [-0.4, -0.2) is 50.0 Å². The molecule has 3 aromatic rings. The molecule has 9 heteroatoms. The van der Waals surface area contributed by atoms with Crippen molar-refractivity contribution in [2.45, 2.75) is 70.5 Å². The number of nitrogens with zero attached hydrogens (tertiary/aromatic N) is 2. The molecular weight excluding hydrogens is 553 g/mol. The first-order chi connectivity index (χ1) is 20.1. The molecule has 0 heterocycles. The standard InChI is InChI=1S/C33H40FN3O4S/c1-25-10-8-15-30(22-25)37(42(2,40)41)21-9-16-32(38)36(24-27-17-19-28(34)20-18-27)31(23-26-11-4-3-5-12-26)33(39)35-29-13-6-7-14-29/h3-5,8,10-12,15,17-20,22,29,31H,6-7,9,13-14,16,21,23-24H2,1-2H3,(H,35,39)/t31-/m0/s1. The second-order valence-corrected chi connectivity index (χ2v) is 13.0. The third-order valence-electron chi connectivity index (χ3n) is 7.68. The number of nitrogens with one attached hydrogen (secondary N) is 1. The highest BCUT2D eigenvalue weighted by Gasteiger charge is 2.32. The number of anilines is 1. The summed E-state index contributed by atoms with van der Waals surface area (Å²) in [5, 5.41) is 3.17. The van der Waals surface area contributed by atoms with Crippen molar-refractivity contribution < 1.29 is 22.4 Å². The number of hydrogen-bond acceptors (Lipinski definition) is 4. The maximum atomic E-state index is 13.9. The number of rotatable bonds is 13. The predicted octanol–water partition coefficient (Wildman–Crippen LogP) is 5.38. The van der Waals surface area contributed by atoms with Crippen molar-refractivity contribution in [3.8, 4) is 0 Å². The molecule has 1 aliphatic carbocycles. The third-order valence-corrected chi connectivity index (χ3v) is 8.87. The third kappa shape index (κ3) is 8.89. The van der Waals surface area contributed by atoms with E-state index in [0.29, 0.717) is 17.7 Å². The highest BCUT2D eigenvalue weighted by Crippen LogP contribution is 2.22. The van der Waals surface area contributed by atoms with Crippen LogP contribution in [-0.2, 0) is 32.6 Å². The number of amides is 2. The number of benzene rings is 3. The van der Waals surface area contributed by atoms with Crippen LogP contribution in [0.25, 0.3) is 0 Å². The van der Waals surface area contributed by atoms with Crippen LogP contribution in [0.1, 0.15) is 55.2 Å². The predicted molar refractivity (Wildman–Crippen MR) is 164 cm³/mol. The number of halogens is 1. The van der Waals surface area contributed by atoms with Gasteiger partial charge >= 0.3 is 0 Å². The van der Waals surface area contributed by atoms with E-state index in [1.807, 2.05) is 43.3 Å². The highest BCUT2D eigenvalue weighted by atomic mass is 32.2. The van der Waals surface area contributed by atoms with E-state index < -0.39 is 16.1 Å². The van der Waals surface area contributed by atoms with Gasteiger partial charge in [0.05, 0.1) is 11.9 Å². The Morgan fingerprint density at radius 1 is 0.952 bits per heavy atom. The van der Waals surface area contributed by atoms with Gasteiger partial charge in [-0.3, -0.25) is 13.9 Å². The van der Waals surface area contributed by atoms with Crippen molar-refractivity contribution in [3.05, 3.63) is 101 Å². The molecule has 0 aromatic heterocycles. The van der Waals surface area contributed by atoms with Gasteiger partial charge in [-0.25, -0.2) is 12.8 Å². The minimum absolute atomic E-state index is 0.0427. The number of sulfonamides is 1. The van der Waals surface area contributed by atoms with Crippen LogP contribution >= 0.6 is 0 Å². The summed E-state index contributed by atoms with van der Waals surface area (Å²) in [6, 6.07) is 22.0. The molecule has 0 aliphatic heterocycles. The van der Waals surface area contributed by atoms with E-state index in [1.54, 1.807) is 35.2 Å². The van der Waals surface area contributed by atoms with E-state index in [0.717, 1.165) is 43.1 Å². The average Bonchev–Trinajstić information content (AvgIpc) is 3.47. The molecule has 1 aliphatic rings. The molecule has 3 aromatic carbocycles. The summed E-state index contributed by atoms with van der Waals surface area (Å²) in [5.74, 6) is -0.855. The molecule has 0 unspecified atom stereocenters. The lowest BCUT2D eigenvalue weighted by Gasteiger charge is -2.33. The van der Waals surface area contributed by atoms with E-state index in [1.165, 1.54) is 16.4 Å². The first-order valence-corrected chi connectivity index (χ1v) is 16.4. The molecule has 2 amide bonds. The Bertz CT molecular complexity index is 1440. The van der Waals surface area contributed by atoms with E-state index in [9.17, 15) is 22.4 Å². The van der Waals surface area contributed by atoms with Crippen molar-refractivity contribution >= 4 is 27.5 Å². The molecule has 0 saturated heterocycles. The van der Waals surface area contributed by atoms with Crippen LogP contribution in [0.15, 0.2) is 78.9 Å². The molecule has 4 rings (SSSR count). The van der Waals surface area contributed by atoms with Gasteiger partial charge in [-0.1, -0.05) is 67.4 Å². The van der Waals surface area contributed by atoms with Gasteiger partial charge in [0, 0.05) is 32.0 Å². The highest BCUT2D eigenvalue weighted by molar-refractivity contribution is 7.92. The molecule has 42 heavy (non-hydrogen) atoms. The fourth-order valence-corrected chi connectivity index (χ4v) is 6.45. The SMILES string of the molecule is Cc1cccc(N(CCCC(=O)N(Cc2ccc(F)cc2)[C@@H](Cc2ccccc2)C(=O)NC2CCCC2)S(C)(=O)=O)c1. The van der Waals surface area contributed by atoms with E-state index in [-0.39, 0.29) is 49.6 Å². The van der Waals surface area contributed by atoms with Gasteiger partial charge in [-0.2, -0.15) is 0 Å². The molecule has 0 radical (unpaired) electrons. The number of aryl methyl sites for hydroxylation is 1. The molecule has 0 spiro atoms. The quantitative estimate of drug-likeness (QED) is 0.288. The average molecular weight is 594 g/mol. The molecule has 1 atom stereocenters. The van der Waals surface area contributed by atoms with Crippen molar-refractivity contribution in [3.63, 3.8) is 0 Å². The van der Waals surface area contributed by atoms with Crippen LogP contribution in [0.3, 0.4) is 0 Å². The second kappa shape index (κ2) is 14.4. The zero-order valence-electron chi connectivity index (χ0n) is 24.3. The van der Waals surface area contributed by atoms with Gasteiger partial charge in [0.25, 0.3) is 0 Å². The number of carbonyl (C=O) groups is 2. The van der Waals surface area contributed by atoms with Crippen LogP contribution in [0.2, 0.25) is 0 Å². The lowest BCUT2D eigenvalue weighted by atomic mass is 10.0. The minimum atomic E-state index is -3.58. The Balaban J connectivity index is 1.58. The van der Waals surface area contributed by atoms with Gasteiger partial charge in [0.15, 0.2) is 0 Å². The van der Waals surface area contributed by atoms with Gasteiger partial charge in [0.2, 0.25) is 21.8 Å². The van der Waals surface area contributed by atoms with Crippen LogP contribution in [0.5, 0.6) is 0 Å². The topological polar surface area (TPSA) is 86.8 Å². The number of hydrogen-bond donors (Lipinski definition) is 1. The molecule has 224 valence electrons. The van der Waals surface area contributed by atoms with E-state index in [2.05, 4.69) is 5.32 Å². The van der Waals surface area contributed by atoms with Gasteiger partial charge in [-0.05, 0) is 67.1 Å². The van der Waals surface area contributed by atoms with Crippen molar-refractivity contribution in [2.24, 2.45) is 0 Å². The van der Waals surface area contributed by atoms with Crippen molar-refractivity contribution in [1.82, 2.24) is 10.2 Å². The summed E-state index contributed by atoms with van der Waals surface area (Å²) >= 11 is 0. The summed E-state index contributed by atoms with van der Waals surface area (Å²) in [6.07, 6.45) is 5.73. The molecule has 7 nitrogen and oxygen atoms in total. The van der Waals surface area contributed by atoms with Crippen LogP contribution in [0.4, 0.5) is 10.1 Å². The largest absolute Gasteiger partial charge is 0.352 e. The van der Waals surface area contributed by atoms with E-state index in [4.69, 9.17) is 0 Å². The van der Waals surface area contributed by atoms with Crippen LogP contribution < -0.4 is 9.62 Å². The smallest absolute Gasteiger partial charge is 0.243 e. The zero-order chi connectivity index (χ0) is 30.1. The van der Waals surface area contributed by atoms with Gasteiger partial charge in [0.1, 0.15) is 11.9 Å². The van der Waals surface area contributed by atoms with E-state index >= 15 is 0 Å². The summed E-state index contributed by atoms with van der Waals surface area (Å²) in [4.78, 5) is 29.3. The maximum absolute atomic E-state index is 13.9. The summed E-state index contributed by atoms with van der Waals surface area (Å²) in [5.41, 5.74) is 3.10. The van der Waals surface area contributed by atoms with Crippen LogP contribution in [0, 0.1) is 12.7 Å². The Kier molecular flexibility index (Phi) is 10.7. The number of carbonyl (C=O) groups excluding carboxylic acids is 2. The lowest BCUT2D eigenvalue weighted by Crippen LogP contribution is -2.52. The molecule has 0 bridgehead atoms. The Labute approximate surface area is 248 Å². The lowest BCUT2D eigenvalue weighted by molar-refractivity contribution is -0.141. The molecule has 1 N–H and O–H groups in total. The Hall–Kier alpha value is -3.72. The van der Waals surface area contributed by atoms with Crippen molar-refractivity contribution in [2.75, 3.05) is 17.1 Å². The first kappa shape index (κ1) is 31.2. The van der Waals surface area contributed by atoms with Gasteiger partial charge < -0.3 is 10.2 Å². The monoisotopic (exact) mass is 593 g/mol. The first-order valence-electron chi connectivity index (χ1n) is 14.5. The fourth-order valence-electron chi connectivity index (χ4n) is 5.49. The molecule has 1 saturated carbocycles. The van der Waals surface area contributed by atoms with Crippen molar-refractivity contribution in [1.29, 1.82) is 0 Å².